The molecular weight excluding hydrogens is 446 g/mol. The molecule has 35 heavy (non-hydrogen) atoms. The monoisotopic (exact) mass is 473 g/mol. The van der Waals surface area contributed by atoms with Crippen molar-refractivity contribution in [3.8, 4) is 11.7 Å². The molecule has 0 unspecified atom stereocenters. The molecule has 0 atom stereocenters. The molecule has 0 bridgehead atoms. The number of piperidine rings is 1. The Morgan fingerprint density at radius 1 is 1.14 bits per heavy atom. The van der Waals surface area contributed by atoms with Crippen molar-refractivity contribution in [3.63, 3.8) is 0 Å². The van der Waals surface area contributed by atoms with Gasteiger partial charge in [-0.05, 0) is 30.9 Å². The minimum absolute atomic E-state index is 0.0557. The van der Waals surface area contributed by atoms with Crippen molar-refractivity contribution in [1.29, 1.82) is 0 Å². The molecule has 1 fully saturated rings. The highest BCUT2D eigenvalue weighted by molar-refractivity contribution is 5.86. The molecule has 6 rings (SSSR count). The van der Waals surface area contributed by atoms with Crippen molar-refractivity contribution in [2.24, 2.45) is 13.0 Å². The Morgan fingerprint density at radius 3 is 2.74 bits per heavy atom. The highest BCUT2D eigenvalue weighted by Gasteiger charge is 2.27. The van der Waals surface area contributed by atoms with Crippen LogP contribution in [0.15, 0.2) is 39.8 Å². The first-order valence-electron chi connectivity index (χ1n) is 11.9. The van der Waals surface area contributed by atoms with Gasteiger partial charge in [-0.3, -0.25) is 4.57 Å². The number of imidazole rings is 2. The minimum Gasteiger partial charge on any atom is -0.418 e. The molecule has 5 aromatic rings. The second-order valence-corrected chi connectivity index (χ2v) is 9.50. The predicted octanol–water partition coefficient (Wildman–Crippen LogP) is 3.10. The Hall–Kier alpha value is -4.02. The van der Waals surface area contributed by atoms with Crippen molar-refractivity contribution in [2.75, 3.05) is 18.0 Å². The number of nitrogens with one attached hydrogen (secondary N) is 1. The van der Waals surface area contributed by atoms with Gasteiger partial charge >= 0.3 is 5.69 Å². The molecule has 0 spiro atoms. The fourth-order valence-electron chi connectivity index (χ4n) is 4.96. The molecule has 1 saturated heterocycles. The van der Waals surface area contributed by atoms with Gasteiger partial charge in [-0.25, -0.2) is 19.7 Å². The number of rotatable bonds is 5. The number of benzene rings is 1. The number of para-hydroxylation sites is 2. The molecule has 11 nitrogen and oxygen atoms in total. The second kappa shape index (κ2) is 8.33. The number of hydrogen-bond donors (Lipinski definition) is 1. The first kappa shape index (κ1) is 21.5. The minimum atomic E-state index is -0.0557. The van der Waals surface area contributed by atoms with Crippen LogP contribution in [-0.2, 0) is 13.5 Å². The summed E-state index contributed by atoms with van der Waals surface area (Å²) in [5.74, 6) is 2.75. The van der Waals surface area contributed by atoms with Crippen molar-refractivity contribution >= 4 is 28.0 Å². The second-order valence-electron chi connectivity index (χ2n) is 9.50. The standard InChI is InChI=1S/C24H27N9O2/c1-14(2)12-18-29-30-23(35-18)22-28-19-20(31(22)3)25-13-26-21(19)32-10-8-15(9-11-32)33-17-7-5-4-6-16(17)27-24(33)34/h4-7,13-15H,8-12H2,1-3H3,(H,27,34). The highest BCUT2D eigenvalue weighted by atomic mass is 16.4. The van der Waals surface area contributed by atoms with Gasteiger partial charge < -0.3 is 18.9 Å². The molecule has 5 heterocycles. The lowest BCUT2D eigenvalue weighted by atomic mass is 10.0. The van der Waals surface area contributed by atoms with Crippen LogP contribution in [0.2, 0.25) is 0 Å². The van der Waals surface area contributed by atoms with E-state index in [4.69, 9.17) is 9.40 Å². The zero-order valence-corrected chi connectivity index (χ0v) is 20.0. The van der Waals surface area contributed by atoms with E-state index in [9.17, 15) is 4.79 Å². The van der Waals surface area contributed by atoms with E-state index in [0.717, 1.165) is 49.2 Å². The van der Waals surface area contributed by atoms with Crippen LogP contribution in [0.5, 0.6) is 0 Å². The van der Waals surface area contributed by atoms with Gasteiger partial charge in [-0.1, -0.05) is 26.0 Å². The zero-order chi connectivity index (χ0) is 24.1. The Morgan fingerprint density at radius 2 is 1.94 bits per heavy atom. The molecule has 1 aliphatic heterocycles. The highest BCUT2D eigenvalue weighted by Crippen LogP contribution is 2.31. The Balaban J connectivity index is 1.28. The van der Waals surface area contributed by atoms with Crippen molar-refractivity contribution in [3.05, 3.63) is 47.0 Å². The average molecular weight is 474 g/mol. The molecule has 0 amide bonds. The lowest BCUT2D eigenvalue weighted by Gasteiger charge is -2.33. The van der Waals surface area contributed by atoms with Gasteiger partial charge in [0.1, 0.15) is 6.33 Å². The fraction of sp³-hybridized carbons (Fsp3) is 0.417. The van der Waals surface area contributed by atoms with Gasteiger partial charge in [-0.15, -0.1) is 10.2 Å². The van der Waals surface area contributed by atoms with Crippen LogP contribution in [0.25, 0.3) is 33.9 Å². The van der Waals surface area contributed by atoms with Gasteiger partial charge in [0.25, 0.3) is 5.89 Å². The molecule has 1 N–H and O–H groups in total. The summed E-state index contributed by atoms with van der Waals surface area (Å²) in [4.78, 5) is 31.7. The van der Waals surface area contributed by atoms with Gasteiger partial charge in [0.2, 0.25) is 11.7 Å². The van der Waals surface area contributed by atoms with Gasteiger partial charge in [0.05, 0.1) is 11.0 Å². The van der Waals surface area contributed by atoms with E-state index in [2.05, 4.69) is 43.9 Å². The smallest absolute Gasteiger partial charge is 0.326 e. The molecular formula is C24H27N9O2. The normalized spacial score (nSPS) is 15.1. The first-order valence-corrected chi connectivity index (χ1v) is 11.9. The zero-order valence-electron chi connectivity index (χ0n) is 20.0. The largest absolute Gasteiger partial charge is 0.418 e. The number of nitrogens with zero attached hydrogens (tertiary/aromatic N) is 8. The van der Waals surface area contributed by atoms with E-state index < -0.39 is 0 Å². The fourth-order valence-corrected chi connectivity index (χ4v) is 4.96. The van der Waals surface area contributed by atoms with Crippen LogP contribution in [0.3, 0.4) is 0 Å². The molecule has 11 heteroatoms. The lowest BCUT2D eigenvalue weighted by Crippen LogP contribution is -2.37. The van der Waals surface area contributed by atoms with Crippen molar-refractivity contribution < 1.29 is 4.42 Å². The van der Waals surface area contributed by atoms with Crippen LogP contribution >= 0.6 is 0 Å². The molecule has 1 aliphatic rings. The summed E-state index contributed by atoms with van der Waals surface area (Å²) in [5.41, 5.74) is 3.18. The Labute approximate surface area is 200 Å². The molecule has 0 aliphatic carbocycles. The summed E-state index contributed by atoms with van der Waals surface area (Å²) in [7, 11) is 1.89. The van der Waals surface area contributed by atoms with E-state index in [1.165, 1.54) is 0 Å². The number of aromatic nitrogens is 8. The van der Waals surface area contributed by atoms with Crippen molar-refractivity contribution in [1.82, 2.24) is 39.3 Å². The molecule has 4 aromatic heterocycles. The van der Waals surface area contributed by atoms with Gasteiger partial charge in [0.15, 0.2) is 17.0 Å². The van der Waals surface area contributed by atoms with E-state index >= 15 is 0 Å². The van der Waals surface area contributed by atoms with Crippen LogP contribution in [0.4, 0.5) is 5.82 Å². The van der Waals surface area contributed by atoms with E-state index in [1.54, 1.807) is 6.33 Å². The maximum absolute atomic E-state index is 12.6. The third-order valence-corrected chi connectivity index (χ3v) is 6.63. The number of hydrogen-bond acceptors (Lipinski definition) is 8. The van der Waals surface area contributed by atoms with Crippen LogP contribution in [0, 0.1) is 5.92 Å². The average Bonchev–Trinajstić information content (AvgIpc) is 3.54. The summed E-state index contributed by atoms with van der Waals surface area (Å²) < 4.78 is 9.64. The van der Waals surface area contributed by atoms with Crippen LogP contribution in [-0.4, -0.2) is 52.4 Å². The molecule has 0 saturated carbocycles. The first-order chi connectivity index (χ1) is 17.0. The topological polar surface area (TPSA) is 124 Å². The molecule has 180 valence electrons. The number of aromatic amines is 1. The lowest BCUT2D eigenvalue weighted by molar-refractivity contribution is 0.395. The number of aryl methyl sites for hydroxylation is 1. The van der Waals surface area contributed by atoms with E-state index in [0.29, 0.717) is 34.7 Å². The van der Waals surface area contributed by atoms with Crippen LogP contribution in [0.1, 0.15) is 38.6 Å². The van der Waals surface area contributed by atoms with Crippen LogP contribution < -0.4 is 10.6 Å². The maximum Gasteiger partial charge on any atom is 0.326 e. The number of fused-ring (bicyclic) bond motifs is 2. The maximum atomic E-state index is 12.6. The third-order valence-electron chi connectivity index (χ3n) is 6.63. The van der Waals surface area contributed by atoms with E-state index in [1.807, 2.05) is 40.4 Å². The summed E-state index contributed by atoms with van der Waals surface area (Å²) in [6.45, 7) is 5.74. The summed E-state index contributed by atoms with van der Waals surface area (Å²) in [5, 5.41) is 8.38. The van der Waals surface area contributed by atoms with Crippen molar-refractivity contribution in [2.45, 2.75) is 39.2 Å². The quantitative estimate of drug-likeness (QED) is 0.413. The summed E-state index contributed by atoms with van der Waals surface area (Å²) >= 11 is 0. The Bertz CT molecular complexity index is 1570. The summed E-state index contributed by atoms with van der Waals surface area (Å²) in [6, 6.07) is 7.96. The molecule has 1 aromatic carbocycles. The van der Waals surface area contributed by atoms with Gasteiger partial charge in [-0.2, -0.15) is 0 Å². The van der Waals surface area contributed by atoms with E-state index in [-0.39, 0.29) is 11.7 Å². The Kier molecular flexibility index (Phi) is 5.12. The number of anilines is 1. The predicted molar refractivity (Wildman–Crippen MR) is 131 cm³/mol. The molecule has 0 radical (unpaired) electrons. The van der Waals surface area contributed by atoms with Gasteiger partial charge in [0, 0.05) is 32.6 Å². The SMILES string of the molecule is CC(C)Cc1nnc(-c2nc3c(N4CCC(n5c(=O)[nH]c6ccccc65)CC4)ncnc3n2C)o1. The number of H-pyrrole nitrogens is 1. The third kappa shape index (κ3) is 3.67. The summed E-state index contributed by atoms with van der Waals surface area (Å²) in [6.07, 6.45) is 3.94.